The number of hydrogen-bond donors (Lipinski definition) is 3. The predicted octanol–water partition coefficient (Wildman–Crippen LogP) is 0.0155. The molecule has 1 amide bonds. The highest BCUT2D eigenvalue weighted by Crippen LogP contribution is 2.05. The molecule has 2 aromatic rings. The fraction of sp³-hybridized carbons (Fsp3) is 0.250. The molecule has 0 aliphatic rings. The molecule has 0 bridgehead atoms. The summed E-state index contributed by atoms with van der Waals surface area (Å²) in [6, 6.07) is 8.45. The van der Waals surface area contributed by atoms with Gasteiger partial charge in [0.2, 0.25) is 0 Å². The first kappa shape index (κ1) is 13.7. The van der Waals surface area contributed by atoms with Gasteiger partial charge in [-0.05, 0) is 23.6 Å². The number of aromatic amines is 1. The number of aliphatic carboxylic acids is 1. The molecule has 3 N–H and O–H groups in total. The van der Waals surface area contributed by atoms with Crippen LogP contribution in [0.15, 0.2) is 30.3 Å². The molecule has 0 aliphatic carbocycles. The number of hydrogen-bond acceptors (Lipinski definition) is 5. The van der Waals surface area contributed by atoms with Crippen LogP contribution in [-0.4, -0.2) is 43.6 Å². The summed E-state index contributed by atoms with van der Waals surface area (Å²) in [6.45, 7) is 0. The molecule has 1 atom stereocenters. The zero-order valence-corrected chi connectivity index (χ0v) is 10.5. The van der Waals surface area contributed by atoms with E-state index in [9.17, 15) is 9.59 Å². The largest absolute Gasteiger partial charge is 0.480 e. The van der Waals surface area contributed by atoms with Gasteiger partial charge >= 0.3 is 5.97 Å². The highest BCUT2D eigenvalue weighted by Gasteiger charge is 2.22. The Morgan fingerprint density at radius 2 is 2.05 bits per heavy atom. The van der Waals surface area contributed by atoms with Gasteiger partial charge in [0.15, 0.2) is 0 Å². The number of aryl methyl sites for hydroxylation is 1. The molecule has 20 heavy (non-hydrogen) atoms. The van der Waals surface area contributed by atoms with E-state index in [0.717, 1.165) is 5.56 Å². The quantitative estimate of drug-likeness (QED) is 0.683. The van der Waals surface area contributed by atoms with E-state index in [2.05, 4.69) is 25.9 Å². The molecule has 0 saturated heterocycles. The van der Waals surface area contributed by atoms with Crippen molar-refractivity contribution in [3.63, 3.8) is 0 Å². The van der Waals surface area contributed by atoms with Gasteiger partial charge in [-0.2, -0.15) is 5.21 Å². The maximum Gasteiger partial charge on any atom is 0.326 e. The summed E-state index contributed by atoms with van der Waals surface area (Å²) in [4.78, 5) is 22.8. The smallest absolute Gasteiger partial charge is 0.326 e. The molecule has 0 spiro atoms. The van der Waals surface area contributed by atoms with Crippen molar-refractivity contribution < 1.29 is 14.7 Å². The van der Waals surface area contributed by atoms with Crippen LogP contribution in [-0.2, 0) is 11.2 Å². The summed E-state index contributed by atoms with van der Waals surface area (Å²) in [5.41, 5.74) is 1.01. The van der Waals surface area contributed by atoms with Gasteiger partial charge in [-0.15, -0.1) is 10.2 Å². The third kappa shape index (κ3) is 3.61. The number of benzene rings is 1. The second-order valence-corrected chi connectivity index (χ2v) is 4.12. The Hall–Kier alpha value is -2.77. The highest BCUT2D eigenvalue weighted by atomic mass is 16.4. The molecule has 104 valence electrons. The number of rotatable bonds is 6. The minimum Gasteiger partial charge on any atom is -0.480 e. The zero-order valence-electron chi connectivity index (χ0n) is 10.5. The number of carboxylic acids is 1. The van der Waals surface area contributed by atoms with Crippen LogP contribution in [0.1, 0.15) is 22.6 Å². The van der Waals surface area contributed by atoms with Crippen molar-refractivity contribution in [2.24, 2.45) is 0 Å². The van der Waals surface area contributed by atoms with Crippen LogP contribution in [0.25, 0.3) is 0 Å². The fourth-order valence-corrected chi connectivity index (χ4v) is 1.69. The Morgan fingerprint density at radius 3 is 2.65 bits per heavy atom. The first-order chi connectivity index (χ1) is 9.66. The summed E-state index contributed by atoms with van der Waals surface area (Å²) in [5, 5.41) is 23.9. The zero-order chi connectivity index (χ0) is 14.4. The molecule has 0 aliphatic heterocycles. The van der Waals surface area contributed by atoms with Gasteiger partial charge < -0.3 is 10.4 Å². The number of nitrogens with one attached hydrogen (secondary N) is 2. The van der Waals surface area contributed by atoms with Crippen molar-refractivity contribution in [3.05, 3.63) is 41.7 Å². The van der Waals surface area contributed by atoms with Crippen LogP contribution in [0.4, 0.5) is 0 Å². The molecular formula is C12H13N5O3. The van der Waals surface area contributed by atoms with Crippen LogP contribution in [0.3, 0.4) is 0 Å². The van der Waals surface area contributed by atoms with Gasteiger partial charge in [0, 0.05) is 0 Å². The van der Waals surface area contributed by atoms with Crippen molar-refractivity contribution in [3.8, 4) is 0 Å². The highest BCUT2D eigenvalue weighted by molar-refractivity contribution is 5.93. The molecular weight excluding hydrogens is 262 g/mol. The number of tetrazole rings is 1. The SMILES string of the molecule is O=C(NC(CCc1ccccc1)C(=O)O)c1nn[nH]n1. The van der Waals surface area contributed by atoms with Crippen molar-refractivity contribution >= 4 is 11.9 Å². The van der Waals surface area contributed by atoms with Crippen LogP contribution in [0.5, 0.6) is 0 Å². The lowest BCUT2D eigenvalue weighted by Gasteiger charge is -2.13. The van der Waals surface area contributed by atoms with E-state index in [4.69, 9.17) is 5.11 Å². The van der Waals surface area contributed by atoms with Gasteiger partial charge in [-0.1, -0.05) is 30.3 Å². The summed E-state index contributed by atoms with van der Waals surface area (Å²) in [7, 11) is 0. The first-order valence-electron chi connectivity index (χ1n) is 5.98. The van der Waals surface area contributed by atoms with Crippen LogP contribution < -0.4 is 5.32 Å². The molecule has 8 heteroatoms. The van der Waals surface area contributed by atoms with Gasteiger partial charge in [0.25, 0.3) is 11.7 Å². The molecule has 1 heterocycles. The van der Waals surface area contributed by atoms with E-state index in [1.807, 2.05) is 30.3 Å². The number of nitrogens with zero attached hydrogens (tertiary/aromatic N) is 3. The standard InChI is InChI=1S/C12H13N5O3/c18-11(10-14-16-17-15-10)13-9(12(19)20)7-6-8-4-2-1-3-5-8/h1-5,9H,6-7H2,(H,13,18)(H,19,20)(H,14,15,16,17). The maximum absolute atomic E-state index is 11.7. The second-order valence-electron chi connectivity index (χ2n) is 4.12. The first-order valence-corrected chi connectivity index (χ1v) is 5.98. The molecule has 8 nitrogen and oxygen atoms in total. The topological polar surface area (TPSA) is 121 Å². The van der Waals surface area contributed by atoms with Crippen molar-refractivity contribution in [2.45, 2.75) is 18.9 Å². The molecule has 2 rings (SSSR count). The number of amides is 1. The van der Waals surface area contributed by atoms with E-state index in [1.54, 1.807) is 0 Å². The van der Waals surface area contributed by atoms with Crippen molar-refractivity contribution in [2.75, 3.05) is 0 Å². The van der Waals surface area contributed by atoms with Gasteiger partial charge in [-0.25, -0.2) is 4.79 Å². The van der Waals surface area contributed by atoms with E-state index in [1.165, 1.54) is 0 Å². The Morgan fingerprint density at radius 1 is 1.30 bits per heavy atom. The fourth-order valence-electron chi connectivity index (χ4n) is 1.69. The Bertz CT molecular complexity index is 570. The monoisotopic (exact) mass is 275 g/mol. The van der Waals surface area contributed by atoms with Crippen molar-refractivity contribution in [1.29, 1.82) is 0 Å². The molecule has 0 radical (unpaired) electrons. The third-order valence-corrected chi connectivity index (χ3v) is 2.72. The molecule has 0 saturated carbocycles. The van der Waals surface area contributed by atoms with Crippen LogP contribution in [0, 0.1) is 0 Å². The summed E-state index contributed by atoms with van der Waals surface area (Å²) >= 11 is 0. The summed E-state index contributed by atoms with van der Waals surface area (Å²) < 4.78 is 0. The number of carboxylic acid groups (broad SMARTS) is 1. The summed E-state index contributed by atoms with van der Waals surface area (Å²) in [5.74, 6) is -1.95. The number of aromatic nitrogens is 4. The van der Waals surface area contributed by atoms with Gasteiger partial charge in [0.05, 0.1) is 0 Å². The average Bonchev–Trinajstić information content (AvgIpc) is 2.98. The number of carbonyl (C=O) groups is 2. The van der Waals surface area contributed by atoms with E-state index in [0.29, 0.717) is 6.42 Å². The van der Waals surface area contributed by atoms with Crippen LogP contribution in [0.2, 0.25) is 0 Å². The third-order valence-electron chi connectivity index (χ3n) is 2.72. The van der Waals surface area contributed by atoms with E-state index >= 15 is 0 Å². The Kier molecular flexibility index (Phi) is 4.38. The number of carbonyl (C=O) groups excluding carboxylic acids is 1. The molecule has 1 aromatic carbocycles. The van der Waals surface area contributed by atoms with Gasteiger partial charge in [-0.3, -0.25) is 4.79 Å². The number of H-pyrrole nitrogens is 1. The second kappa shape index (κ2) is 6.41. The average molecular weight is 275 g/mol. The minimum absolute atomic E-state index is 0.184. The van der Waals surface area contributed by atoms with Crippen LogP contribution >= 0.6 is 0 Å². The Labute approximate surface area is 114 Å². The lowest BCUT2D eigenvalue weighted by atomic mass is 10.1. The van der Waals surface area contributed by atoms with Crippen molar-refractivity contribution in [1.82, 2.24) is 25.9 Å². The maximum atomic E-state index is 11.7. The summed E-state index contributed by atoms with van der Waals surface area (Å²) in [6.07, 6.45) is 0.827. The Balaban J connectivity index is 1.94. The van der Waals surface area contributed by atoms with E-state index < -0.39 is 17.9 Å². The lowest BCUT2D eigenvalue weighted by Crippen LogP contribution is -2.41. The molecule has 1 aromatic heterocycles. The lowest BCUT2D eigenvalue weighted by molar-refractivity contribution is -0.139. The molecule has 1 unspecified atom stereocenters. The van der Waals surface area contributed by atoms with E-state index in [-0.39, 0.29) is 12.2 Å². The predicted molar refractivity (Wildman–Crippen MR) is 67.8 cm³/mol. The van der Waals surface area contributed by atoms with Gasteiger partial charge in [0.1, 0.15) is 6.04 Å². The minimum atomic E-state index is -1.10. The molecule has 0 fully saturated rings. The normalized spacial score (nSPS) is 11.8.